The Labute approximate surface area is 94.3 Å². The number of fused-ring (bicyclic) bond motifs is 1. The van der Waals surface area contributed by atoms with Crippen LogP contribution in [0.4, 0.5) is 0 Å². The predicted octanol–water partition coefficient (Wildman–Crippen LogP) is 2.99. The van der Waals surface area contributed by atoms with Gasteiger partial charge < -0.3 is 9.67 Å². The van der Waals surface area contributed by atoms with Crippen molar-refractivity contribution in [1.29, 1.82) is 0 Å². The summed E-state index contributed by atoms with van der Waals surface area (Å²) in [5.41, 5.74) is 1.99. The first kappa shape index (κ1) is 10.7. The van der Waals surface area contributed by atoms with E-state index in [2.05, 4.69) is 0 Å². The molecule has 0 saturated heterocycles. The van der Waals surface area contributed by atoms with Gasteiger partial charge in [-0.3, -0.25) is 0 Å². The SMILES string of the molecule is CC[C@H](C(=O)O)n1c(C)cc2ccccc21. The lowest BCUT2D eigenvalue weighted by Crippen LogP contribution is -2.18. The largest absolute Gasteiger partial charge is 0.480 e. The van der Waals surface area contributed by atoms with E-state index in [1.807, 2.05) is 48.7 Å². The van der Waals surface area contributed by atoms with E-state index in [-0.39, 0.29) is 0 Å². The first-order chi connectivity index (χ1) is 7.65. The molecule has 0 radical (unpaired) electrons. The minimum atomic E-state index is -0.771. The number of nitrogens with zero attached hydrogens (tertiary/aromatic N) is 1. The predicted molar refractivity (Wildman–Crippen MR) is 63.6 cm³/mol. The Bertz CT molecular complexity index is 528. The highest BCUT2D eigenvalue weighted by atomic mass is 16.4. The van der Waals surface area contributed by atoms with Gasteiger partial charge in [-0.05, 0) is 30.9 Å². The summed E-state index contributed by atoms with van der Waals surface area (Å²) in [5.74, 6) is -0.771. The molecule has 0 spiro atoms. The van der Waals surface area contributed by atoms with Crippen LogP contribution in [0, 0.1) is 6.92 Å². The normalized spacial score (nSPS) is 12.9. The molecule has 0 aliphatic carbocycles. The van der Waals surface area contributed by atoms with Gasteiger partial charge in [0.05, 0.1) is 0 Å². The van der Waals surface area contributed by atoms with Gasteiger partial charge >= 0.3 is 5.97 Å². The summed E-state index contributed by atoms with van der Waals surface area (Å²) in [6, 6.07) is 9.43. The second kappa shape index (κ2) is 4.00. The molecule has 2 rings (SSSR count). The highest BCUT2D eigenvalue weighted by Crippen LogP contribution is 2.25. The fourth-order valence-corrected chi connectivity index (χ4v) is 2.19. The van der Waals surface area contributed by atoms with Gasteiger partial charge in [0.2, 0.25) is 0 Å². The molecule has 3 heteroatoms. The number of hydrogen-bond acceptors (Lipinski definition) is 1. The topological polar surface area (TPSA) is 42.2 Å². The van der Waals surface area contributed by atoms with Crippen LogP contribution in [0.2, 0.25) is 0 Å². The third kappa shape index (κ3) is 1.58. The standard InChI is InChI=1S/C13H15NO2/c1-3-11(13(15)16)14-9(2)8-10-6-4-5-7-12(10)14/h4-8,11H,3H2,1-2H3,(H,15,16)/t11-/m1/s1. The molecule has 2 aromatic rings. The molecule has 84 valence electrons. The fourth-order valence-electron chi connectivity index (χ4n) is 2.19. The van der Waals surface area contributed by atoms with Crippen molar-refractivity contribution >= 4 is 16.9 Å². The number of carboxylic acid groups (broad SMARTS) is 1. The Morgan fingerprint density at radius 1 is 1.44 bits per heavy atom. The second-order valence-corrected chi connectivity index (χ2v) is 3.98. The number of carbonyl (C=O) groups is 1. The molecule has 1 atom stereocenters. The molecule has 16 heavy (non-hydrogen) atoms. The highest BCUT2D eigenvalue weighted by Gasteiger charge is 2.20. The van der Waals surface area contributed by atoms with Crippen molar-refractivity contribution in [2.75, 3.05) is 0 Å². The number of benzene rings is 1. The maximum absolute atomic E-state index is 11.2. The zero-order valence-corrected chi connectivity index (χ0v) is 9.47. The minimum Gasteiger partial charge on any atom is -0.480 e. The Balaban J connectivity index is 2.66. The van der Waals surface area contributed by atoms with E-state index in [9.17, 15) is 9.90 Å². The molecule has 0 fully saturated rings. The molecule has 0 unspecified atom stereocenters. The molecule has 1 aromatic carbocycles. The molecule has 0 aliphatic heterocycles. The monoisotopic (exact) mass is 217 g/mol. The van der Waals surface area contributed by atoms with Crippen LogP contribution < -0.4 is 0 Å². The molecular formula is C13H15NO2. The van der Waals surface area contributed by atoms with E-state index in [1.54, 1.807) is 0 Å². The molecule has 0 saturated carbocycles. The van der Waals surface area contributed by atoms with Crippen LogP contribution in [0.25, 0.3) is 10.9 Å². The third-order valence-corrected chi connectivity index (χ3v) is 2.92. The van der Waals surface area contributed by atoms with Gasteiger partial charge in [0, 0.05) is 11.2 Å². The lowest BCUT2D eigenvalue weighted by atomic mass is 10.2. The quantitative estimate of drug-likeness (QED) is 0.858. The molecule has 0 bridgehead atoms. The van der Waals surface area contributed by atoms with Crippen molar-refractivity contribution in [2.24, 2.45) is 0 Å². The average Bonchev–Trinajstić information content (AvgIpc) is 2.57. The molecule has 3 nitrogen and oxygen atoms in total. The number of hydrogen-bond donors (Lipinski definition) is 1. The first-order valence-corrected chi connectivity index (χ1v) is 5.44. The van der Waals surface area contributed by atoms with Crippen molar-refractivity contribution in [1.82, 2.24) is 4.57 Å². The van der Waals surface area contributed by atoms with Gasteiger partial charge in [0.25, 0.3) is 0 Å². The van der Waals surface area contributed by atoms with E-state index in [0.29, 0.717) is 6.42 Å². The van der Waals surface area contributed by atoms with Crippen LogP contribution in [0.5, 0.6) is 0 Å². The number of aromatic nitrogens is 1. The van der Waals surface area contributed by atoms with Crippen molar-refractivity contribution < 1.29 is 9.90 Å². The van der Waals surface area contributed by atoms with Gasteiger partial charge in [-0.25, -0.2) is 4.79 Å². The van der Waals surface area contributed by atoms with E-state index in [4.69, 9.17) is 0 Å². The third-order valence-electron chi connectivity index (χ3n) is 2.92. The maximum Gasteiger partial charge on any atom is 0.326 e. The van der Waals surface area contributed by atoms with Gasteiger partial charge in [-0.1, -0.05) is 25.1 Å². The summed E-state index contributed by atoms with van der Waals surface area (Å²) in [6.07, 6.45) is 0.592. The Morgan fingerprint density at radius 2 is 2.12 bits per heavy atom. The first-order valence-electron chi connectivity index (χ1n) is 5.44. The van der Waals surface area contributed by atoms with E-state index in [1.165, 1.54) is 0 Å². The van der Waals surface area contributed by atoms with Crippen molar-refractivity contribution in [3.05, 3.63) is 36.0 Å². The Morgan fingerprint density at radius 3 is 2.75 bits per heavy atom. The fraction of sp³-hybridized carbons (Fsp3) is 0.308. The van der Waals surface area contributed by atoms with Gasteiger partial charge in [0.15, 0.2) is 0 Å². The van der Waals surface area contributed by atoms with Crippen LogP contribution in [-0.4, -0.2) is 15.6 Å². The molecule has 1 aromatic heterocycles. The summed E-state index contributed by atoms with van der Waals surface area (Å²) >= 11 is 0. The van der Waals surface area contributed by atoms with Crippen molar-refractivity contribution in [3.63, 3.8) is 0 Å². The second-order valence-electron chi connectivity index (χ2n) is 3.98. The number of aliphatic carboxylic acids is 1. The zero-order chi connectivity index (χ0) is 11.7. The van der Waals surface area contributed by atoms with Crippen LogP contribution >= 0.6 is 0 Å². The zero-order valence-electron chi connectivity index (χ0n) is 9.47. The van der Waals surface area contributed by atoms with E-state index in [0.717, 1.165) is 16.6 Å². The van der Waals surface area contributed by atoms with Gasteiger partial charge in [0.1, 0.15) is 6.04 Å². The molecular weight excluding hydrogens is 202 g/mol. The lowest BCUT2D eigenvalue weighted by molar-refractivity contribution is -0.140. The lowest BCUT2D eigenvalue weighted by Gasteiger charge is -2.15. The van der Waals surface area contributed by atoms with Crippen LogP contribution in [0.1, 0.15) is 25.1 Å². The summed E-state index contributed by atoms with van der Waals surface area (Å²) in [4.78, 5) is 11.2. The van der Waals surface area contributed by atoms with Crippen molar-refractivity contribution in [3.8, 4) is 0 Å². The van der Waals surface area contributed by atoms with Crippen LogP contribution in [0.15, 0.2) is 30.3 Å². The van der Waals surface area contributed by atoms with Gasteiger partial charge in [-0.15, -0.1) is 0 Å². The number of para-hydroxylation sites is 1. The van der Waals surface area contributed by atoms with E-state index >= 15 is 0 Å². The Hall–Kier alpha value is -1.77. The maximum atomic E-state index is 11.2. The Kier molecular flexibility index (Phi) is 2.69. The summed E-state index contributed by atoms with van der Waals surface area (Å²) in [5, 5.41) is 10.3. The van der Waals surface area contributed by atoms with Crippen LogP contribution in [0.3, 0.4) is 0 Å². The molecule has 0 amide bonds. The summed E-state index contributed by atoms with van der Waals surface area (Å²) < 4.78 is 1.90. The number of rotatable bonds is 3. The minimum absolute atomic E-state index is 0.472. The smallest absolute Gasteiger partial charge is 0.326 e. The van der Waals surface area contributed by atoms with Gasteiger partial charge in [-0.2, -0.15) is 0 Å². The number of carboxylic acids is 1. The van der Waals surface area contributed by atoms with E-state index < -0.39 is 12.0 Å². The van der Waals surface area contributed by atoms with Crippen LogP contribution in [-0.2, 0) is 4.79 Å². The summed E-state index contributed by atoms with van der Waals surface area (Å²) in [6.45, 7) is 3.85. The average molecular weight is 217 g/mol. The molecule has 1 N–H and O–H groups in total. The highest BCUT2D eigenvalue weighted by molar-refractivity contribution is 5.84. The number of aryl methyl sites for hydroxylation is 1. The summed E-state index contributed by atoms with van der Waals surface area (Å²) in [7, 11) is 0. The van der Waals surface area contributed by atoms with Crippen molar-refractivity contribution in [2.45, 2.75) is 26.3 Å². The molecule has 0 aliphatic rings. The molecule has 1 heterocycles.